The van der Waals surface area contributed by atoms with Crippen LogP contribution < -0.4 is 5.32 Å². The highest BCUT2D eigenvalue weighted by Gasteiger charge is 2.22. The second kappa shape index (κ2) is 5.95. The van der Waals surface area contributed by atoms with Crippen LogP contribution in [-0.2, 0) is 4.79 Å². The normalized spacial score (nSPS) is 11.3. The maximum absolute atomic E-state index is 12.3. The van der Waals surface area contributed by atoms with Crippen LogP contribution in [0.1, 0.15) is 37.0 Å². The van der Waals surface area contributed by atoms with E-state index in [1.54, 1.807) is 6.07 Å². The predicted octanol–water partition coefficient (Wildman–Crippen LogP) is 3.21. The van der Waals surface area contributed by atoms with Crippen molar-refractivity contribution in [1.29, 1.82) is 0 Å². The van der Waals surface area contributed by atoms with Crippen molar-refractivity contribution in [3.05, 3.63) is 48.0 Å². The van der Waals surface area contributed by atoms with Crippen molar-refractivity contribution in [2.75, 3.05) is 0 Å². The summed E-state index contributed by atoms with van der Waals surface area (Å²) in [6.45, 7) is 3.66. The van der Waals surface area contributed by atoms with Gasteiger partial charge in [0.25, 0.3) is 5.91 Å². The summed E-state index contributed by atoms with van der Waals surface area (Å²) in [5, 5.41) is 13.7. The van der Waals surface area contributed by atoms with Crippen molar-refractivity contribution in [3.8, 4) is 0 Å². The van der Waals surface area contributed by atoms with Crippen LogP contribution in [0.15, 0.2) is 42.5 Å². The first-order valence-electron chi connectivity index (χ1n) is 6.90. The molecular formula is C17H19NO3. The van der Waals surface area contributed by atoms with E-state index in [0.29, 0.717) is 12.0 Å². The minimum atomic E-state index is -0.858. The zero-order valence-electron chi connectivity index (χ0n) is 12.2. The van der Waals surface area contributed by atoms with E-state index in [9.17, 15) is 9.59 Å². The number of rotatable bonds is 5. The van der Waals surface area contributed by atoms with Gasteiger partial charge >= 0.3 is 5.97 Å². The third kappa shape index (κ3) is 4.05. The Kier molecular flexibility index (Phi) is 4.26. The monoisotopic (exact) mass is 285 g/mol. The highest BCUT2D eigenvalue weighted by atomic mass is 16.4. The Morgan fingerprint density at radius 2 is 1.76 bits per heavy atom. The predicted molar refractivity (Wildman–Crippen MR) is 82.4 cm³/mol. The molecule has 2 N–H and O–H groups in total. The molecule has 1 amide bonds. The van der Waals surface area contributed by atoms with Crippen LogP contribution >= 0.6 is 0 Å². The number of benzene rings is 2. The Labute approximate surface area is 123 Å². The molecule has 0 unspecified atom stereocenters. The summed E-state index contributed by atoms with van der Waals surface area (Å²) >= 11 is 0. The number of carbonyl (C=O) groups is 2. The van der Waals surface area contributed by atoms with Crippen molar-refractivity contribution >= 4 is 22.6 Å². The van der Waals surface area contributed by atoms with E-state index in [-0.39, 0.29) is 12.3 Å². The van der Waals surface area contributed by atoms with Gasteiger partial charge in [-0.05, 0) is 43.2 Å². The lowest BCUT2D eigenvalue weighted by Crippen LogP contribution is -2.43. The highest BCUT2D eigenvalue weighted by molar-refractivity contribution is 5.98. The summed E-state index contributed by atoms with van der Waals surface area (Å²) < 4.78 is 0. The van der Waals surface area contributed by atoms with Crippen molar-refractivity contribution in [2.24, 2.45) is 0 Å². The van der Waals surface area contributed by atoms with Crippen LogP contribution in [0.3, 0.4) is 0 Å². The van der Waals surface area contributed by atoms with Crippen molar-refractivity contribution < 1.29 is 14.7 Å². The number of carbonyl (C=O) groups excluding carboxylic acids is 1. The fourth-order valence-corrected chi connectivity index (χ4v) is 2.19. The molecule has 2 aromatic rings. The zero-order valence-corrected chi connectivity index (χ0v) is 12.2. The minimum absolute atomic E-state index is 0.0327. The molecule has 2 aromatic carbocycles. The Balaban J connectivity index is 2.12. The molecule has 0 saturated carbocycles. The van der Waals surface area contributed by atoms with E-state index < -0.39 is 11.5 Å². The van der Waals surface area contributed by atoms with Gasteiger partial charge in [0.1, 0.15) is 0 Å². The van der Waals surface area contributed by atoms with E-state index in [1.165, 1.54) is 0 Å². The first kappa shape index (κ1) is 15.0. The number of carboxylic acid groups (broad SMARTS) is 1. The van der Waals surface area contributed by atoms with Crippen LogP contribution in [0.25, 0.3) is 10.8 Å². The molecule has 0 aliphatic heterocycles. The Morgan fingerprint density at radius 1 is 1.10 bits per heavy atom. The van der Waals surface area contributed by atoms with Crippen LogP contribution in [-0.4, -0.2) is 22.5 Å². The molecule has 110 valence electrons. The number of fused-ring (bicyclic) bond motifs is 1. The Hall–Kier alpha value is -2.36. The highest BCUT2D eigenvalue weighted by Crippen LogP contribution is 2.17. The molecular weight excluding hydrogens is 266 g/mol. The lowest BCUT2D eigenvalue weighted by molar-refractivity contribution is -0.137. The molecule has 2 rings (SSSR count). The van der Waals surface area contributed by atoms with Crippen LogP contribution in [0.4, 0.5) is 0 Å². The van der Waals surface area contributed by atoms with Gasteiger partial charge < -0.3 is 10.4 Å². The number of amides is 1. The Bertz CT molecular complexity index is 677. The number of nitrogens with one attached hydrogen (secondary N) is 1. The SMILES string of the molecule is CC(C)(CCC(=O)O)NC(=O)c1ccc2ccccc2c1. The fraction of sp³-hybridized carbons (Fsp3) is 0.294. The smallest absolute Gasteiger partial charge is 0.303 e. The van der Waals surface area contributed by atoms with Gasteiger partial charge in [0.05, 0.1) is 0 Å². The summed E-state index contributed by atoms with van der Waals surface area (Å²) in [4.78, 5) is 22.9. The largest absolute Gasteiger partial charge is 0.481 e. The van der Waals surface area contributed by atoms with Gasteiger partial charge in [0.2, 0.25) is 0 Å². The quantitative estimate of drug-likeness (QED) is 0.886. The van der Waals surface area contributed by atoms with Gasteiger partial charge in [0, 0.05) is 17.5 Å². The molecule has 0 atom stereocenters. The van der Waals surface area contributed by atoms with Gasteiger partial charge in [-0.25, -0.2) is 0 Å². The summed E-state index contributed by atoms with van der Waals surface area (Å²) in [6, 6.07) is 13.4. The standard InChI is InChI=1S/C17H19NO3/c1-17(2,10-9-15(19)20)18-16(21)14-8-7-12-5-3-4-6-13(12)11-14/h3-8,11H,9-10H2,1-2H3,(H,18,21)(H,19,20). The van der Waals surface area contributed by atoms with Gasteiger partial charge in [-0.15, -0.1) is 0 Å². The fourth-order valence-electron chi connectivity index (χ4n) is 2.19. The van der Waals surface area contributed by atoms with E-state index >= 15 is 0 Å². The van der Waals surface area contributed by atoms with E-state index in [2.05, 4.69) is 5.32 Å². The third-order valence-electron chi connectivity index (χ3n) is 3.43. The van der Waals surface area contributed by atoms with Gasteiger partial charge in [-0.2, -0.15) is 0 Å². The molecule has 0 bridgehead atoms. The number of aliphatic carboxylic acids is 1. The van der Waals surface area contributed by atoms with Gasteiger partial charge in [-0.1, -0.05) is 30.3 Å². The first-order chi connectivity index (χ1) is 9.87. The number of carboxylic acids is 1. The summed E-state index contributed by atoms with van der Waals surface area (Å²) in [6.07, 6.45) is 0.423. The zero-order chi connectivity index (χ0) is 15.5. The molecule has 4 nitrogen and oxygen atoms in total. The molecule has 0 fully saturated rings. The van der Waals surface area contributed by atoms with Crippen LogP contribution in [0.5, 0.6) is 0 Å². The van der Waals surface area contributed by atoms with Gasteiger partial charge in [0.15, 0.2) is 0 Å². The van der Waals surface area contributed by atoms with E-state index in [4.69, 9.17) is 5.11 Å². The first-order valence-corrected chi connectivity index (χ1v) is 6.90. The maximum atomic E-state index is 12.3. The number of hydrogen-bond acceptors (Lipinski definition) is 2. The molecule has 0 saturated heterocycles. The summed E-state index contributed by atoms with van der Waals surface area (Å²) in [7, 11) is 0. The molecule has 21 heavy (non-hydrogen) atoms. The van der Waals surface area contributed by atoms with E-state index in [1.807, 2.05) is 50.2 Å². The van der Waals surface area contributed by atoms with Crippen molar-refractivity contribution in [1.82, 2.24) is 5.32 Å². The van der Waals surface area contributed by atoms with Crippen LogP contribution in [0.2, 0.25) is 0 Å². The molecule has 4 heteroatoms. The average molecular weight is 285 g/mol. The average Bonchev–Trinajstić information content (AvgIpc) is 2.44. The van der Waals surface area contributed by atoms with Crippen LogP contribution in [0, 0.1) is 0 Å². The summed E-state index contributed by atoms with van der Waals surface area (Å²) in [5.74, 6) is -1.04. The minimum Gasteiger partial charge on any atom is -0.481 e. The van der Waals surface area contributed by atoms with Crippen molar-refractivity contribution in [2.45, 2.75) is 32.2 Å². The summed E-state index contributed by atoms with van der Waals surface area (Å²) in [5.41, 5.74) is 0.0262. The molecule has 0 aliphatic rings. The molecule has 0 spiro atoms. The lowest BCUT2D eigenvalue weighted by Gasteiger charge is -2.25. The molecule has 0 aromatic heterocycles. The van der Waals surface area contributed by atoms with E-state index in [0.717, 1.165) is 10.8 Å². The Morgan fingerprint density at radius 3 is 2.43 bits per heavy atom. The second-order valence-electron chi connectivity index (χ2n) is 5.79. The lowest BCUT2D eigenvalue weighted by atomic mass is 9.97. The molecule has 0 radical (unpaired) electrons. The van der Waals surface area contributed by atoms with Gasteiger partial charge in [-0.3, -0.25) is 9.59 Å². The second-order valence-corrected chi connectivity index (χ2v) is 5.79. The number of hydrogen-bond donors (Lipinski definition) is 2. The maximum Gasteiger partial charge on any atom is 0.303 e. The molecule has 0 heterocycles. The molecule has 0 aliphatic carbocycles. The van der Waals surface area contributed by atoms with Crippen molar-refractivity contribution in [3.63, 3.8) is 0 Å². The third-order valence-corrected chi connectivity index (χ3v) is 3.43. The topological polar surface area (TPSA) is 66.4 Å².